The summed E-state index contributed by atoms with van der Waals surface area (Å²) in [6.07, 6.45) is 4.15. The molecule has 4 rings (SSSR count). The van der Waals surface area contributed by atoms with Crippen molar-refractivity contribution in [3.8, 4) is 0 Å². The number of hydrogen-bond donors (Lipinski definition) is 1. The molecule has 4 atom stereocenters. The van der Waals surface area contributed by atoms with Crippen molar-refractivity contribution in [3.05, 3.63) is 28.5 Å². The second kappa shape index (κ2) is 4.70. The van der Waals surface area contributed by atoms with Crippen LogP contribution in [0.25, 0.3) is 0 Å². The Morgan fingerprint density at radius 2 is 1.95 bits per heavy atom. The first kappa shape index (κ1) is 13.6. The van der Waals surface area contributed by atoms with Gasteiger partial charge in [-0.15, -0.1) is 0 Å². The number of carbonyl (C=O) groups excluding carboxylic acids is 1. The van der Waals surface area contributed by atoms with Crippen LogP contribution < -0.4 is 5.32 Å². The molecule has 0 spiro atoms. The van der Waals surface area contributed by atoms with Crippen LogP contribution in [0.1, 0.15) is 55.1 Å². The van der Waals surface area contributed by atoms with Crippen LogP contribution in [0, 0.1) is 23.7 Å². The highest BCUT2D eigenvalue weighted by molar-refractivity contribution is 6.29. The fourth-order valence-electron chi connectivity index (χ4n) is 4.70. The highest BCUT2D eigenvalue weighted by atomic mass is 35.5. The highest BCUT2D eigenvalue weighted by Crippen LogP contribution is 2.65. The molecule has 1 N–H and O–H groups in total. The first-order valence-electron chi connectivity index (χ1n) is 8.03. The lowest BCUT2D eigenvalue weighted by Crippen LogP contribution is -2.30. The summed E-state index contributed by atoms with van der Waals surface area (Å²) in [5.74, 6) is 3.55. The Morgan fingerprint density at radius 1 is 1.29 bits per heavy atom. The summed E-state index contributed by atoms with van der Waals surface area (Å²) in [6.45, 7) is 4.12. The predicted octanol–water partition coefficient (Wildman–Crippen LogP) is 3.63. The smallest absolute Gasteiger partial charge is 0.251 e. The molecular weight excluding hydrogens is 284 g/mol. The van der Waals surface area contributed by atoms with Gasteiger partial charge in [0.05, 0.1) is 0 Å². The van der Waals surface area contributed by atoms with Gasteiger partial charge in [0.15, 0.2) is 0 Å². The van der Waals surface area contributed by atoms with E-state index in [2.05, 4.69) is 24.1 Å². The van der Waals surface area contributed by atoms with Gasteiger partial charge < -0.3 is 5.32 Å². The molecule has 4 heteroatoms. The third-order valence-electron chi connectivity index (χ3n) is 5.70. The maximum atomic E-state index is 12.5. The molecule has 3 saturated carbocycles. The highest BCUT2D eigenvalue weighted by Gasteiger charge is 2.65. The quantitative estimate of drug-likeness (QED) is 0.866. The molecule has 0 aliphatic heterocycles. The number of nitrogens with zero attached hydrogens (tertiary/aromatic N) is 1. The summed E-state index contributed by atoms with van der Waals surface area (Å²) in [5, 5.41) is 3.65. The number of hydrogen-bond acceptors (Lipinski definition) is 2. The molecule has 3 aliphatic rings. The summed E-state index contributed by atoms with van der Waals surface area (Å²) < 4.78 is 0. The zero-order valence-electron chi connectivity index (χ0n) is 12.5. The molecule has 1 heterocycles. The Kier molecular flexibility index (Phi) is 3.04. The molecule has 2 bridgehead atoms. The Bertz CT molecular complexity index is 584. The minimum absolute atomic E-state index is 0.0139. The third-order valence-corrected chi connectivity index (χ3v) is 5.89. The monoisotopic (exact) mass is 304 g/mol. The van der Waals surface area contributed by atoms with Crippen LogP contribution in [0.3, 0.4) is 0 Å². The van der Waals surface area contributed by atoms with E-state index in [1.807, 2.05) is 6.07 Å². The van der Waals surface area contributed by atoms with Gasteiger partial charge in [-0.1, -0.05) is 25.4 Å². The van der Waals surface area contributed by atoms with Gasteiger partial charge >= 0.3 is 0 Å². The van der Waals surface area contributed by atoms with Crippen molar-refractivity contribution in [3.63, 3.8) is 0 Å². The van der Waals surface area contributed by atoms with Crippen LogP contribution in [0.15, 0.2) is 12.1 Å². The van der Waals surface area contributed by atoms with Crippen LogP contribution in [0.2, 0.25) is 5.15 Å². The Hall–Kier alpha value is -1.09. The van der Waals surface area contributed by atoms with Gasteiger partial charge in [-0.3, -0.25) is 4.79 Å². The summed E-state index contributed by atoms with van der Waals surface area (Å²) in [4.78, 5) is 16.8. The number of rotatable bonds is 3. The fourth-order valence-corrected chi connectivity index (χ4v) is 4.91. The average Bonchev–Trinajstić information content (AvgIpc) is 2.83. The number of pyridine rings is 1. The van der Waals surface area contributed by atoms with Crippen molar-refractivity contribution in [2.24, 2.45) is 23.7 Å². The van der Waals surface area contributed by atoms with E-state index >= 15 is 0 Å². The second-order valence-electron chi connectivity index (χ2n) is 7.25. The van der Waals surface area contributed by atoms with Crippen LogP contribution in [0.4, 0.5) is 0 Å². The van der Waals surface area contributed by atoms with Crippen LogP contribution in [-0.4, -0.2) is 16.9 Å². The maximum Gasteiger partial charge on any atom is 0.251 e. The molecule has 112 valence electrons. The number of fused-ring (bicyclic) bond motifs is 5. The first-order chi connectivity index (χ1) is 10.0. The normalized spacial score (nSPS) is 35.9. The lowest BCUT2D eigenvalue weighted by molar-refractivity contribution is 0.0944. The number of nitrogens with one attached hydrogen (secondary N) is 1. The fraction of sp³-hybridized carbons (Fsp3) is 0.647. The lowest BCUT2D eigenvalue weighted by atomic mass is 10.0. The second-order valence-corrected chi connectivity index (χ2v) is 7.63. The molecule has 3 nitrogen and oxygen atoms in total. The van der Waals surface area contributed by atoms with Gasteiger partial charge in [-0.25, -0.2) is 4.98 Å². The summed E-state index contributed by atoms with van der Waals surface area (Å²) >= 11 is 6.05. The van der Waals surface area contributed by atoms with Crippen molar-refractivity contribution in [1.82, 2.24) is 10.3 Å². The maximum absolute atomic E-state index is 12.5. The molecule has 3 fully saturated rings. The van der Waals surface area contributed by atoms with E-state index in [4.69, 9.17) is 11.6 Å². The third kappa shape index (κ3) is 2.17. The summed E-state index contributed by atoms with van der Waals surface area (Å²) in [6, 6.07) is 3.96. The van der Waals surface area contributed by atoms with E-state index in [0.717, 1.165) is 29.4 Å². The largest absolute Gasteiger partial charge is 0.349 e. The van der Waals surface area contributed by atoms with Crippen molar-refractivity contribution >= 4 is 17.5 Å². The van der Waals surface area contributed by atoms with E-state index in [1.165, 1.54) is 19.3 Å². The number of halogens is 1. The van der Waals surface area contributed by atoms with E-state index in [1.54, 1.807) is 6.07 Å². The van der Waals surface area contributed by atoms with E-state index < -0.39 is 0 Å². The average molecular weight is 305 g/mol. The van der Waals surface area contributed by atoms with Gasteiger partial charge in [0.25, 0.3) is 5.91 Å². The predicted molar refractivity (Wildman–Crippen MR) is 82.4 cm³/mol. The van der Waals surface area contributed by atoms with Crippen LogP contribution in [-0.2, 0) is 0 Å². The van der Waals surface area contributed by atoms with E-state index in [-0.39, 0.29) is 11.8 Å². The standard InChI is InChI=1S/C17H21ClN2O/c1-8(2)12-6-11(7-13(18)19-12)17(21)20-16-14-9-3-4-10(5-9)15(14)16/h6-10,14-16H,3-5H2,1-2H3,(H,20,21). The van der Waals surface area contributed by atoms with Crippen molar-refractivity contribution in [2.75, 3.05) is 0 Å². The molecule has 1 aromatic heterocycles. The molecule has 3 aliphatic carbocycles. The topological polar surface area (TPSA) is 42.0 Å². The Labute approximate surface area is 130 Å². The lowest BCUT2D eigenvalue weighted by Gasteiger charge is -2.12. The van der Waals surface area contributed by atoms with Crippen LogP contribution >= 0.6 is 11.6 Å². The summed E-state index contributed by atoms with van der Waals surface area (Å²) in [7, 11) is 0. The number of carbonyl (C=O) groups is 1. The Balaban J connectivity index is 1.49. The minimum Gasteiger partial charge on any atom is -0.349 e. The van der Waals surface area contributed by atoms with Gasteiger partial charge in [0, 0.05) is 17.3 Å². The molecule has 1 aromatic rings. The molecule has 0 aromatic carbocycles. The molecule has 21 heavy (non-hydrogen) atoms. The summed E-state index contributed by atoms with van der Waals surface area (Å²) in [5.41, 5.74) is 1.53. The van der Waals surface area contributed by atoms with E-state index in [0.29, 0.717) is 16.8 Å². The van der Waals surface area contributed by atoms with Gasteiger partial charge in [-0.05, 0) is 61.0 Å². The first-order valence-corrected chi connectivity index (χ1v) is 8.40. The van der Waals surface area contributed by atoms with Crippen molar-refractivity contribution < 1.29 is 4.79 Å². The molecule has 0 radical (unpaired) electrons. The zero-order valence-corrected chi connectivity index (χ0v) is 13.2. The molecule has 4 unspecified atom stereocenters. The molecule has 0 saturated heterocycles. The number of amides is 1. The van der Waals surface area contributed by atoms with Gasteiger partial charge in [0.1, 0.15) is 5.15 Å². The Morgan fingerprint density at radius 3 is 2.57 bits per heavy atom. The van der Waals surface area contributed by atoms with Crippen molar-refractivity contribution in [2.45, 2.75) is 45.1 Å². The van der Waals surface area contributed by atoms with E-state index in [9.17, 15) is 4.79 Å². The van der Waals surface area contributed by atoms with Crippen LogP contribution in [0.5, 0.6) is 0 Å². The van der Waals surface area contributed by atoms with Gasteiger partial charge in [-0.2, -0.15) is 0 Å². The van der Waals surface area contributed by atoms with Gasteiger partial charge in [0.2, 0.25) is 0 Å². The minimum atomic E-state index is 0.0139. The number of aromatic nitrogens is 1. The SMILES string of the molecule is CC(C)c1cc(C(=O)NC2C3C4CCC(C4)C23)cc(Cl)n1. The zero-order chi connectivity index (χ0) is 14.7. The molecule has 1 amide bonds. The van der Waals surface area contributed by atoms with Crippen molar-refractivity contribution in [1.29, 1.82) is 0 Å². The molecular formula is C17H21ClN2O.